The molecule has 5 heteroatoms. The Morgan fingerprint density at radius 3 is 1.95 bits per heavy atom. The standard InChI is InChI=1S/C17H21NO4/c1-19-14-8-6-13(7-9-14)18-11-12-5-10-15(20-2)17(22-4)16(12)21-3/h5-10,18H,11H2,1-4H3. The fourth-order valence-corrected chi connectivity index (χ4v) is 2.21. The van der Waals surface area contributed by atoms with Gasteiger partial charge in [-0.15, -0.1) is 0 Å². The molecular weight excluding hydrogens is 282 g/mol. The zero-order valence-electron chi connectivity index (χ0n) is 13.3. The summed E-state index contributed by atoms with van der Waals surface area (Å²) in [6.45, 7) is 0.607. The Kier molecular flexibility index (Phi) is 5.36. The van der Waals surface area contributed by atoms with Gasteiger partial charge in [0.25, 0.3) is 0 Å². The van der Waals surface area contributed by atoms with E-state index in [0.717, 1.165) is 17.0 Å². The molecule has 2 aromatic rings. The number of anilines is 1. The summed E-state index contributed by atoms with van der Waals surface area (Å²) in [5.41, 5.74) is 1.98. The van der Waals surface area contributed by atoms with E-state index in [1.807, 2.05) is 36.4 Å². The first-order valence-corrected chi connectivity index (χ1v) is 6.89. The molecule has 0 aromatic heterocycles. The molecule has 0 saturated carbocycles. The van der Waals surface area contributed by atoms with Crippen molar-refractivity contribution < 1.29 is 18.9 Å². The normalized spacial score (nSPS) is 10.0. The predicted molar refractivity (Wildman–Crippen MR) is 86.4 cm³/mol. The highest BCUT2D eigenvalue weighted by atomic mass is 16.5. The lowest BCUT2D eigenvalue weighted by atomic mass is 10.1. The molecule has 0 fully saturated rings. The van der Waals surface area contributed by atoms with Gasteiger partial charge in [0.2, 0.25) is 5.75 Å². The third kappa shape index (κ3) is 3.36. The van der Waals surface area contributed by atoms with Crippen LogP contribution >= 0.6 is 0 Å². The van der Waals surface area contributed by atoms with Crippen LogP contribution in [0.25, 0.3) is 0 Å². The third-order valence-electron chi connectivity index (χ3n) is 3.36. The molecule has 0 amide bonds. The fourth-order valence-electron chi connectivity index (χ4n) is 2.21. The smallest absolute Gasteiger partial charge is 0.203 e. The largest absolute Gasteiger partial charge is 0.497 e. The second-order valence-corrected chi connectivity index (χ2v) is 4.58. The minimum Gasteiger partial charge on any atom is -0.497 e. The van der Waals surface area contributed by atoms with Crippen molar-refractivity contribution in [3.63, 3.8) is 0 Å². The molecule has 0 aliphatic rings. The summed E-state index contributed by atoms with van der Waals surface area (Å²) in [6.07, 6.45) is 0. The molecule has 0 bridgehead atoms. The summed E-state index contributed by atoms with van der Waals surface area (Å²) in [5.74, 6) is 2.74. The maximum absolute atomic E-state index is 5.47. The van der Waals surface area contributed by atoms with Crippen LogP contribution in [-0.2, 0) is 6.54 Å². The van der Waals surface area contributed by atoms with Crippen molar-refractivity contribution in [2.75, 3.05) is 33.8 Å². The van der Waals surface area contributed by atoms with Crippen LogP contribution in [0.1, 0.15) is 5.56 Å². The number of hydrogen-bond donors (Lipinski definition) is 1. The van der Waals surface area contributed by atoms with Gasteiger partial charge >= 0.3 is 0 Å². The molecule has 118 valence electrons. The second-order valence-electron chi connectivity index (χ2n) is 4.58. The lowest BCUT2D eigenvalue weighted by Gasteiger charge is -2.16. The minimum atomic E-state index is 0.596. The molecule has 0 unspecified atom stereocenters. The fraction of sp³-hybridized carbons (Fsp3) is 0.294. The molecule has 0 saturated heterocycles. The van der Waals surface area contributed by atoms with Gasteiger partial charge in [0.15, 0.2) is 11.5 Å². The number of methoxy groups -OCH3 is 4. The van der Waals surface area contributed by atoms with Gasteiger partial charge in [-0.25, -0.2) is 0 Å². The van der Waals surface area contributed by atoms with E-state index >= 15 is 0 Å². The zero-order valence-corrected chi connectivity index (χ0v) is 13.3. The Balaban J connectivity index is 2.18. The first-order chi connectivity index (χ1) is 10.7. The van der Waals surface area contributed by atoms with Crippen molar-refractivity contribution in [3.05, 3.63) is 42.0 Å². The molecule has 22 heavy (non-hydrogen) atoms. The summed E-state index contributed by atoms with van der Waals surface area (Å²) < 4.78 is 21.3. The zero-order chi connectivity index (χ0) is 15.9. The van der Waals surface area contributed by atoms with Gasteiger partial charge in [0.05, 0.1) is 28.4 Å². The minimum absolute atomic E-state index is 0.596. The van der Waals surface area contributed by atoms with E-state index in [4.69, 9.17) is 18.9 Å². The van der Waals surface area contributed by atoms with Gasteiger partial charge in [-0.3, -0.25) is 0 Å². The van der Waals surface area contributed by atoms with Crippen LogP contribution in [0.15, 0.2) is 36.4 Å². The molecule has 0 aliphatic heterocycles. The molecule has 0 atom stereocenters. The molecule has 2 aromatic carbocycles. The van der Waals surface area contributed by atoms with Crippen molar-refractivity contribution in [3.8, 4) is 23.0 Å². The number of ether oxygens (including phenoxy) is 4. The van der Waals surface area contributed by atoms with Crippen molar-refractivity contribution in [1.82, 2.24) is 0 Å². The van der Waals surface area contributed by atoms with Crippen LogP contribution in [0, 0.1) is 0 Å². The second kappa shape index (κ2) is 7.45. The Labute approximate surface area is 130 Å². The average Bonchev–Trinajstić information content (AvgIpc) is 2.59. The van der Waals surface area contributed by atoms with Crippen LogP contribution in [-0.4, -0.2) is 28.4 Å². The topological polar surface area (TPSA) is 49.0 Å². The van der Waals surface area contributed by atoms with E-state index in [1.54, 1.807) is 28.4 Å². The van der Waals surface area contributed by atoms with Gasteiger partial charge in [-0.2, -0.15) is 0 Å². The van der Waals surface area contributed by atoms with Crippen LogP contribution in [0.4, 0.5) is 5.69 Å². The number of hydrogen-bond acceptors (Lipinski definition) is 5. The molecular formula is C17H21NO4. The monoisotopic (exact) mass is 303 g/mol. The molecule has 2 rings (SSSR count). The van der Waals surface area contributed by atoms with Crippen LogP contribution in [0.2, 0.25) is 0 Å². The van der Waals surface area contributed by atoms with E-state index in [9.17, 15) is 0 Å². The Morgan fingerprint density at radius 2 is 1.41 bits per heavy atom. The summed E-state index contributed by atoms with van der Waals surface area (Å²) in [6, 6.07) is 11.6. The number of benzene rings is 2. The Morgan fingerprint density at radius 1 is 0.727 bits per heavy atom. The predicted octanol–water partition coefficient (Wildman–Crippen LogP) is 3.33. The summed E-state index contributed by atoms with van der Waals surface area (Å²) >= 11 is 0. The first-order valence-electron chi connectivity index (χ1n) is 6.89. The molecule has 0 spiro atoms. The van der Waals surface area contributed by atoms with Gasteiger partial charge < -0.3 is 24.3 Å². The SMILES string of the molecule is COc1ccc(NCc2ccc(OC)c(OC)c2OC)cc1. The average molecular weight is 303 g/mol. The van der Waals surface area contributed by atoms with Crippen molar-refractivity contribution >= 4 is 5.69 Å². The maximum atomic E-state index is 5.47. The van der Waals surface area contributed by atoms with E-state index in [-0.39, 0.29) is 0 Å². The van der Waals surface area contributed by atoms with Gasteiger partial charge in [0, 0.05) is 17.8 Å². The highest BCUT2D eigenvalue weighted by Crippen LogP contribution is 2.39. The molecule has 0 aliphatic carbocycles. The summed E-state index contributed by atoms with van der Waals surface area (Å²) in [5, 5.41) is 3.34. The maximum Gasteiger partial charge on any atom is 0.203 e. The van der Waals surface area contributed by atoms with Gasteiger partial charge in [-0.1, -0.05) is 0 Å². The molecule has 0 radical (unpaired) electrons. The van der Waals surface area contributed by atoms with E-state index in [2.05, 4.69) is 5.32 Å². The number of nitrogens with one attached hydrogen (secondary N) is 1. The van der Waals surface area contributed by atoms with Crippen molar-refractivity contribution in [2.24, 2.45) is 0 Å². The van der Waals surface area contributed by atoms with Crippen molar-refractivity contribution in [1.29, 1.82) is 0 Å². The van der Waals surface area contributed by atoms with Crippen LogP contribution in [0.5, 0.6) is 23.0 Å². The summed E-state index contributed by atoms with van der Waals surface area (Å²) in [4.78, 5) is 0. The van der Waals surface area contributed by atoms with E-state index < -0.39 is 0 Å². The quantitative estimate of drug-likeness (QED) is 0.850. The molecule has 1 N–H and O–H groups in total. The van der Waals surface area contributed by atoms with Crippen LogP contribution in [0.3, 0.4) is 0 Å². The van der Waals surface area contributed by atoms with E-state index in [1.165, 1.54) is 0 Å². The highest BCUT2D eigenvalue weighted by Gasteiger charge is 2.15. The molecule has 5 nitrogen and oxygen atoms in total. The Hall–Kier alpha value is -2.56. The summed E-state index contributed by atoms with van der Waals surface area (Å²) in [7, 11) is 6.47. The lowest BCUT2D eigenvalue weighted by molar-refractivity contribution is 0.322. The van der Waals surface area contributed by atoms with Gasteiger partial charge in [0.1, 0.15) is 5.75 Å². The van der Waals surface area contributed by atoms with E-state index in [0.29, 0.717) is 23.8 Å². The number of rotatable bonds is 7. The Bertz CT molecular complexity index is 611. The molecule has 0 heterocycles. The third-order valence-corrected chi connectivity index (χ3v) is 3.36. The highest BCUT2D eigenvalue weighted by molar-refractivity contribution is 5.57. The van der Waals surface area contributed by atoms with Crippen LogP contribution < -0.4 is 24.3 Å². The van der Waals surface area contributed by atoms with Crippen molar-refractivity contribution in [2.45, 2.75) is 6.54 Å². The lowest BCUT2D eigenvalue weighted by Crippen LogP contribution is -2.04. The first kappa shape index (κ1) is 15.8. The van der Waals surface area contributed by atoms with Gasteiger partial charge in [-0.05, 0) is 36.4 Å².